The Balaban J connectivity index is 1.83. The maximum Gasteiger partial charge on any atom is 0.137 e. The highest BCUT2D eigenvalue weighted by molar-refractivity contribution is 5.87. The van der Waals surface area contributed by atoms with E-state index in [-0.39, 0.29) is 11.3 Å². The van der Waals surface area contributed by atoms with Crippen LogP contribution in [0, 0.1) is 17.3 Å². The molecule has 4 rings (SSSR count). The van der Waals surface area contributed by atoms with Gasteiger partial charge in [-0.05, 0) is 49.1 Å². The summed E-state index contributed by atoms with van der Waals surface area (Å²) >= 11 is 0. The van der Waals surface area contributed by atoms with Gasteiger partial charge in [0.05, 0.1) is 6.26 Å². The summed E-state index contributed by atoms with van der Waals surface area (Å²) in [4.78, 5) is 12.4. The highest BCUT2D eigenvalue weighted by atomic mass is 16.3. The minimum atomic E-state index is 0.179. The summed E-state index contributed by atoms with van der Waals surface area (Å²) in [6, 6.07) is 4.01. The minimum absolute atomic E-state index is 0.179. The molecule has 106 valence electrons. The summed E-state index contributed by atoms with van der Waals surface area (Å²) in [5.74, 6) is 2.37. The first kappa shape index (κ1) is 12.4. The minimum Gasteiger partial charge on any atom is -0.469 e. The first-order valence-electron chi connectivity index (χ1n) is 7.86. The van der Waals surface area contributed by atoms with Crippen LogP contribution in [0.5, 0.6) is 0 Å². The Bertz CT molecular complexity index is 577. The van der Waals surface area contributed by atoms with Crippen molar-refractivity contribution in [1.82, 2.24) is 0 Å². The number of carbonyl (C=O) groups excluding carboxylic acids is 1. The van der Waals surface area contributed by atoms with Gasteiger partial charge in [-0.2, -0.15) is 0 Å². The van der Waals surface area contributed by atoms with E-state index in [0.29, 0.717) is 17.6 Å². The molecule has 0 aromatic carbocycles. The fourth-order valence-electron chi connectivity index (χ4n) is 5.11. The Labute approximate surface area is 120 Å². The molecule has 1 heterocycles. The van der Waals surface area contributed by atoms with Crippen molar-refractivity contribution in [3.05, 3.63) is 35.3 Å². The third-order valence-corrected chi connectivity index (χ3v) is 5.80. The lowest BCUT2D eigenvalue weighted by Crippen LogP contribution is -2.32. The second-order valence-electron chi connectivity index (χ2n) is 7.38. The summed E-state index contributed by atoms with van der Waals surface area (Å²) < 4.78 is 5.68. The maximum absolute atomic E-state index is 12.4. The first-order chi connectivity index (χ1) is 9.58. The molecule has 0 N–H and O–H groups in total. The van der Waals surface area contributed by atoms with E-state index < -0.39 is 0 Å². The van der Waals surface area contributed by atoms with E-state index in [1.165, 1.54) is 19.3 Å². The molecular weight excluding hydrogens is 248 g/mol. The summed E-state index contributed by atoms with van der Waals surface area (Å²) in [6.07, 6.45) is 7.22. The molecule has 2 nitrogen and oxygen atoms in total. The number of furan rings is 1. The molecule has 1 fully saturated rings. The van der Waals surface area contributed by atoms with Gasteiger partial charge < -0.3 is 4.42 Å². The highest BCUT2D eigenvalue weighted by Crippen LogP contribution is 2.59. The van der Waals surface area contributed by atoms with E-state index >= 15 is 0 Å². The number of carbonyl (C=O) groups is 1. The zero-order valence-corrected chi connectivity index (χ0v) is 12.3. The molecule has 0 spiro atoms. The molecule has 1 saturated carbocycles. The SMILES string of the molecule is CC1(C)CCCC2=C1C1CC(=O)C(C2)C1c1ccco1. The Morgan fingerprint density at radius 1 is 1.25 bits per heavy atom. The van der Waals surface area contributed by atoms with E-state index in [4.69, 9.17) is 4.42 Å². The van der Waals surface area contributed by atoms with E-state index in [1.807, 2.05) is 6.07 Å². The van der Waals surface area contributed by atoms with Gasteiger partial charge in [0, 0.05) is 18.3 Å². The van der Waals surface area contributed by atoms with E-state index in [9.17, 15) is 4.79 Å². The lowest BCUT2D eigenvalue weighted by atomic mass is 9.61. The summed E-state index contributed by atoms with van der Waals surface area (Å²) in [6.45, 7) is 4.73. The van der Waals surface area contributed by atoms with Crippen molar-refractivity contribution in [2.45, 2.75) is 51.9 Å². The quantitative estimate of drug-likeness (QED) is 0.704. The Morgan fingerprint density at radius 2 is 2.10 bits per heavy atom. The van der Waals surface area contributed by atoms with Crippen LogP contribution in [-0.2, 0) is 4.79 Å². The number of allylic oxidation sites excluding steroid dienone is 2. The smallest absolute Gasteiger partial charge is 0.137 e. The first-order valence-corrected chi connectivity index (χ1v) is 7.86. The lowest BCUT2D eigenvalue weighted by molar-refractivity contribution is -0.120. The van der Waals surface area contributed by atoms with Crippen LogP contribution < -0.4 is 0 Å². The average molecular weight is 270 g/mol. The fraction of sp³-hybridized carbons (Fsp3) is 0.611. The molecule has 3 unspecified atom stereocenters. The van der Waals surface area contributed by atoms with Gasteiger partial charge in [0.2, 0.25) is 0 Å². The third-order valence-electron chi connectivity index (χ3n) is 5.80. The van der Waals surface area contributed by atoms with Crippen LogP contribution in [-0.4, -0.2) is 5.78 Å². The molecule has 1 aromatic heterocycles. The number of fused-ring (bicyclic) bond motifs is 3. The largest absolute Gasteiger partial charge is 0.469 e. The Hall–Kier alpha value is -1.31. The van der Waals surface area contributed by atoms with Crippen molar-refractivity contribution in [2.75, 3.05) is 0 Å². The van der Waals surface area contributed by atoms with Crippen molar-refractivity contribution in [1.29, 1.82) is 0 Å². The Kier molecular flexibility index (Phi) is 2.55. The summed E-state index contributed by atoms with van der Waals surface area (Å²) in [7, 11) is 0. The van der Waals surface area contributed by atoms with Gasteiger partial charge in [-0.15, -0.1) is 0 Å². The van der Waals surface area contributed by atoms with Crippen LogP contribution in [0.4, 0.5) is 0 Å². The van der Waals surface area contributed by atoms with E-state index in [2.05, 4.69) is 19.9 Å². The molecule has 3 aliphatic carbocycles. The van der Waals surface area contributed by atoms with Crippen LogP contribution in [0.3, 0.4) is 0 Å². The third kappa shape index (κ3) is 1.60. The number of hydrogen-bond acceptors (Lipinski definition) is 2. The summed E-state index contributed by atoms with van der Waals surface area (Å²) in [5, 5.41) is 0. The predicted octanol–water partition coefficient (Wildman–Crippen LogP) is 4.48. The molecular formula is C18H22O2. The molecule has 3 atom stereocenters. The molecule has 0 radical (unpaired) electrons. The van der Waals surface area contributed by atoms with Crippen LogP contribution in [0.1, 0.15) is 57.6 Å². The van der Waals surface area contributed by atoms with Gasteiger partial charge in [-0.25, -0.2) is 0 Å². The molecule has 0 amide bonds. The highest BCUT2D eigenvalue weighted by Gasteiger charge is 2.53. The van der Waals surface area contributed by atoms with Crippen molar-refractivity contribution in [3.8, 4) is 0 Å². The predicted molar refractivity (Wildman–Crippen MR) is 77.3 cm³/mol. The zero-order chi connectivity index (χ0) is 13.9. The second kappa shape index (κ2) is 4.09. The monoisotopic (exact) mass is 270 g/mol. The van der Waals surface area contributed by atoms with Crippen LogP contribution >= 0.6 is 0 Å². The fourth-order valence-corrected chi connectivity index (χ4v) is 5.11. The average Bonchev–Trinajstić information content (AvgIpc) is 2.96. The maximum atomic E-state index is 12.4. The molecule has 2 heteroatoms. The van der Waals surface area contributed by atoms with Crippen LogP contribution in [0.2, 0.25) is 0 Å². The Morgan fingerprint density at radius 3 is 2.85 bits per heavy atom. The van der Waals surface area contributed by atoms with Gasteiger partial charge in [-0.1, -0.05) is 25.0 Å². The normalized spacial score (nSPS) is 35.3. The molecule has 1 aromatic rings. The van der Waals surface area contributed by atoms with Crippen molar-refractivity contribution >= 4 is 5.78 Å². The molecule has 2 bridgehead atoms. The lowest BCUT2D eigenvalue weighted by Gasteiger charge is -2.43. The van der Waals surface area contributed by atoms with Gasteiger partial charge in [0.1, 0.15) is 11.5 Å². The van der Waals surface area contributed by atoms with Crippen LogP contribution in [0.15, 0.2) is 34.0 Å². The van der Waals surface area contributed by atoms with Gasteiger partial charge >= 0.3 is 0 Å². The number of rotatable bonds is 1. The van der Waals surface area contributed by atoms with Crippen LogP contribution in [0.25, 0.3) is 0 Å². The number of ketones is 1. The molecule has 0 aliphatic heterocycles. The molecule has 20 heavy (non-hydrogen) atoms. The topological polar surface area (TPSA) is 30.2 Å². The van der Waals surface area contributed by atoms with Gasteiger partial charge in [0.15, 0.2) is 0 Å². The number of hydrogen-bond donors (Lipinski definition) is 0. The van der Waals surface area contributed by atoms with Crippen molar-refractivity contribution in [2.24, 2.45) is 17.3 Å². The summed E-state index contributed by atoms with van der Waals surface area (Å²) in [5.41, 5.74) is 3.47. The van der Waals surface area contributed by atoms with E-state index in [0.717, 1.165) is 18.6 Å². The van der Waals surface area contributed by atoms with E-state index in [1.54, 1.807) is 17.4 Å². The molecule has 0 saturated heterocycles. The van der Waals surface area contributed by atoms with Gasteiger partial charge in [0.25, 0.3) is 0 Å². The zero-order valence-electron chi connectivity index (χ0n) is 12.3. The van der Waals surface area contributed by atoms with Crippen molar-refractivity contribution in [3.63, 3.8) is 0 Å². The number of Topliss-reactive ketones (excluding diaryl/α,β-unsaturated/α-hetero) is 1. The van der Waals surface area contributed by atoms with Gasteiger partial charge in [-0.3, -0.25) is 4.79 Å². The second-order valence-corrected chi connectivity index (χ2v) is 7.38. The standard InChI is InChI=1S/C18H22O2/c1-18(2)7-3-5-11-9-12-14(19)10-13(17(11)18)16(12)15-6-4-8-20-15/h4,6,8,12-13,16H,3,5,7,9-10H2,1-2H3. The molecule has 3 aliphatic rings. The van der Waals surface area contributed by atoms with Crippen molar-refractivity contribution < 1.29 is 9.21 Å².